The van der Waals surface area contributed by atoms with Gasteiger partial charge in [0, 0.05) is 18.8 Å². The van der Waals surface area contributed by atoms with E-state index >= 15 is 0 Å². The number of methoxy groups -OCH3 is 1. The summed E-state index contributed by atoms with van der Waals surface area (Å²) in [7, 11) is 1.64. The second-order valence-electron chi connectivity index (χ2n) is 4.88. The molecule has 3 nitrogen and oxygen atoms in total. The number of ether oxygens (including phenoxy) is 1. The van der Waals surface area contributed by atoms with Gasteiger partial charge in [-0.05, 0) is 43.2 Å². The number of nitrogen functional groups attached to an aromatic ring is 1. The molecular formula is C17H22N2O. The molecule has 2 aromatic rings. The average Bonchev–Trinajstić information content (AvgIpc) is 2.46. The summed E-state index contributed by atoms with van der Waals surface area (Å²) in [6.07, 6.45) is 0. The van der Waals surface area contributed by atoms with Crippen molar-refractivity contribution < 1.29 is 4.74 Å². The van der Waals surface area contributed by atoms with E-state index in [1.165, 1.54) is 16.8 Å². The minimum atomic E-state index is 0.686. The molecule has 0 radical (unpaired) electrons. The molecule has 0 saturated heterocycles. The number of para-hydroxylation sites is 1. The molecule has 20 heavy (non-hydrogen) atoms. The summed E-state index contributed by atoms with van der Waals surface area (Å²) in [5, 5.41) is 0. The Morgan fingerprint density at radius 3 is 2.50 bits per heavy atom. The average molecular weight is 270 g/mol. The summed E-state index contributed by atoms with van der Waals surface area (Å²) in [5.74, 6) is 0.729. The van der Waals surface area contributed by atoms with E-state index in [-0.39, 0.29) is 0 Å². The van der Waals surface area contributed by atoms with Crippen molar-refractivity contribution in [3.05, 3.63) is 53.6 Å². The molecule has 0 aliphatic carbocycles. The molecule has 0 saturated carbocycles. The van der Waals surface area contributed by atoms with Crippen molar-refractivity contribution in [2.24, 2.45) is 0 Å². The first-order chi connectivity index (χ1) is 9.65. The quantitative estimate of drug-likeness (QED) is 0.843. The first kappa shape index (κ1) is 14.3. The van der Waals surface area contributed by atoms with Crippen LogP contribution in [0.2, 0.25) is 0 Å². The Morgan fingerprint density at radius 2 is 1.90 bits per heavy atom. The number of hydrogen-bond acceptors (Lipinski definition) is 3. The first-order valence-electron chi connectivity index (χ1n) is 6.88. The number of hydrogen-bond donors (Lipinski definition) is 1. The second-order valence-corrected chi connectivity index (χ2v) is 4.88. The van der Waals surface area contributed by atoms with Crippen LogP contribution in [0, 0.1) is 6.92 Å². The minimum Gasteiger partial charge on any atom is -0.495 e. The van der Waals surface area contributed by atoms with Crippen LogP contribution in [0.25, 0.3) is 0 Å². The maximum Gasteiger partial charge on any atom is 0.141 e. The zero-order valence-electron chi connectivity index (χ0n) is 12.4. The van der Waals surface area contributed by atoms with Crippen LogP contribution in [0.5, 0.6) is 5.75 Å². The number of benzene rings is 2. The maximum absolute atomic E-state index is 5.97. The fourth-order valence-electron chi connectivity index (χ4n) is 2.39. The van der Waals surface area contributed by atoms with Crippen molar-refractivity contribution in [1.82, 2.24) is 0 Å². The Hall–Kier alpha value is -2.16. The molecule has 0 unspecified atom stereocenters. The Balaban J connectivity index is 2.23. The highest BCUT2D eigenvalue weighted by atomic mass is 16.5. The van der Waals surface area contributed by atoms with E-state index in [0.29, 0.717) is 5.69 Å². The molecule has 0 atom stereocenters. The van der Waals surface area contributed by atoms with E-state index < -0.39 is 0 Å². The molecule has 0 heterocycles. The molecule has 3 heteroatoms. The summed E-state index contributed by atoms with van der Waals surface area (Å²) in [6.45, 7) is 6.10. The third-order valence-electron chi connectivity index (χ3n) is 3.51. The van der Waals surface area contributed by atoms with Crippen molar-refractivity contribution in [3.63, 3.8) is 0 Å². The van der Waals surface area contributed by atoms with Crippen LogP contribution in [0.4, 0.5) is 11.4 Å². The van der Waals surface area contributed by atoms with Gasteiger partial charge in [-0.3, -0.25) is 0 Å². The summed E-state index contributed by atoms with van der Waals surface area (Å²) in [4.78, 5) is 2.34. The molecule has 0 aliphatic rings. The molecular weight excluding hydrogens is 248 g/mol. The minimum absolute atomic E-state index is 0.686. The third kappa shape index (κ3) is 3.05. The maximum atomic E-state index is 5.97. The Kier molecular flexibility index (Phi) is 4.51. The molecule has 2 aromatic carbocycles. The van der Waals surface area contributed by atoms with Crippen molar-refractivity contribution in [2.75, 3.05) is 24.3 Å². The Labute approximate surface area is 121 Å². The number of nitrogens with two attached hydrogens (primary N) is 1. The number of rotatable bonds is 5. The van der Waals surface area contributed by atoms with Gasteiger partial charge < -0.3 is 15.4 Å². The molecule has 106 valence electrons. The van der Waals surface area contributed by atoms with Gasteiger partial charge in [-0.15, -0.1) is 0 Å². The van der Waals surface area contributed by atoms with E-state index in [2.05, 4.69) is 49.1 Å². The largest absolute Gasteiger partial charge is 0.495 e. The van der Waals surface area contributed by atoms with Crippen molar-refractivity contribution in [2.45, 2.75) is 20.4 Å². The molecule has 0 amide bonds. The van der Waals surface area contributed by atoms with Crippen LogP contribution in [-0.4, -0.2) is 13.7 Å². The van der Waals surface area contributed by atoms with Gasteiger partial charge in [-0.1, -0.05) is 24.3 Å². The van der Waals surface area contributed by atoms with Crippen LogP contribution in [0.3, 0.4) is 0 Å². The predicted octanol–water partition coefficient (Wildman–Crippen LogP) is 3.61. The van der Waals surface area contributed by atoms with Gasteiger partial charge in [0.25, 0.3) is 0 Å². The zero-order valence-corrected chi connectivity index (χ0v) is 12.4. The van der Waals surface area contributed by atoms with Crippen LogP contribution in [-0.2, 0) is 6.54 Å². The molecule has 0 aliphatic heterocycles. The van der Waals surface area contributed by atoms with Gasteiger partial charge in [-0.25, -0.2) is 0 Å². The smallest absolute Gasteiger partial charge is 0.141 e. The van der Waals surface area contributed by atoms with Crippen molar-refractivity contribution >= 4 is 11.4 Å². The van der Waals surface area contributed by atoms with Crippen LogP contribution in [0.15, 0.2) is 42.5 Å². The second kappa shape index (κ2) is 6.33. The number of anilines is 2. The fourth-order valence-corrected chi connectivity index (χ4v) is 2.39. The summed E-state index contributed by atoms with van der Waals surface area (Å²) >= 11 is 0. The van der Waals surface area contributed by atoms with Gasteiger partial charge >= 0.3 is 0 Å². The third-order valence-corrected chi connectivity index (χ3v) is 3.51. The van der Waals surface area contributed by atoms with Crippen molar-refractivity contribution in [3.8, 4) is 5.75 Å². The molecule has 0 spiro atoms. The molecule has 2 N–H and O–H groups in total. The summed E-state index contributed by atoms with van der Waals surface area (Å²) in [5.41, 5.74) is 10.4. The van der Waals surface area contributed by atoms with Gasteiger partial charge in [0.1, 0.15) is 5.75 Å². The lowest BCUT2D eigenvalue weighted by Crippen LogP contribution is -2.22. The molecule has 0 aromatic heterocycles. The van der Waals surface area contributed by atoms with Gasteiger partial charge in [0.05, 0.1) is 12.8 Å². The lowest BCUT2D eigenvalue weighted by Gasteiger charge is -2.25. The van der Waals surface area contributed by atoms with Crippen LogP contribution < -0.4 is 15.4 Å². The van der Waals surface area contributed by atoms with E-state index in [1.807, 2.05) is 12.1 Å². The number of nitrogens with zero attached hydrogens (tertiary/aromatic N) is 1. The Bertz CT molecular complexity index is 581. The molecule has 0 fully saturated rings. The normalized spacial score (nSPS) is 10.3. The highest BCUT2D eigenvalue weighted by molar-refractivity contribution is 5.57. The Morgan fingerprint density at radius 1 is 1.15 bits per heavy atom. The van der Waals surface area contributed by atoms with Gasteiger partial charge in [0.2, 0.25) is 0 Å². The monoisotopic (exact) mass is 270 g/mol. The highest BCUT2D eigenvalue weighted by Crippen LogP contribution is 2.25. The van der Waals surface area contributed by atoms with Crippen LogP contribution >= 0.6 is 0 Å². The summed E-state index contributed by atoms with van der Waals surface area (Å²) < 4.78 is 5.20. The van der Waals surface area contributed by atoms with E-state index in [1.54, 1.807) is 7.11 Å². The molecule has 2 rings (SSSR count). The highest BCUT2D eigenvalue weighted by Gasteiger charge is 2.09. The van der Waals surface area contributed by atoms with E-state index in [4.69, 9.17) is 10.5 Å². The van der Waals surface area contributed by atoms with Crippen LogP contribution in [0.1, 0.15) is 18.1 Å². The van der Waals surface area contributed by atoms with Gasteiger partial charge in [0.15, 0.2) is 0 Å². The lowest BCUT2D eigenvalue weighted by atomic mass is 10.1. The van der Waals surface area contributed by atoms with E-state index in [0.717, 1.165) is 18.8 Å². The van der Waals surface area contributed by atoms with Crippen molar-refractivity contribution in [1.29, 1.82) is 0 Å². The first-order valence-corrected chi connectivity index (χ1v) is 6.88. The fraction of sp³-hybridized carbons (Fsp3) is 0.294. The van der Waals surface area contributed by atoms with E-state index in [9.17, 15) is 0 Å². The topological polar surface area (TPSA) is 38.5 Å². The standard InChI is InChI=1S/C17H22N2O/c1-4-19(16-8-6-5-7-13(16)2)12-14-9-10-17(20-3)15(18)11-14/h5-11H,4,12,18H2,1-3H3. The zero-order chi connectivity index (χ0) is 14.5. The van der Waals surface area contributed by atoms with Gasteiger partial charge in [-0.2, -0.15) is 0 Å². The molecule has 0 bridgehead atoms. The SMILES string of the molecule is CCN(Cc1ccc(OC)c(N)c1)c1ccccc1C. The predicted molar refractivity (Wildman–Crippen MR) is 85.3 cm³/mol. The lowest BCUT2D eigenvalue weighted by molar-refractivity contribution is 0.417. The number of aryl methyl sites for hydroxylation is 1. The summed E-state index contributed by atoms with van der Waals surface area (Å²) in [6, 6.07) is 14.4.